The topological polar surface area (TPSA) is 96.2 Å². The summed E-state index contributed by atoms with van der Waals surface area (Å²) in [6, 6.07) is 18.8. The molecule has 36 heavy (non-hydrogen) atoms. The summed E-state index contributed by atoms with van der Waals surface area (Å²) < 4.78 is 15.2. The molecule has 1 heterocycles. The summed E-state index contributed by atoms with van der Waals surface area (Å²) in [5, 5.41) is 20.8. The molecule has 4 aromatic rings. The number of aromatic nitrogens is 2. The van der Waals surface area contributed by atoms with E-state index in [1.165, 1.54) is 16.8 Å². The molecule has 1 aliphatic carbocycles. The van der Waals surface area contributed by atoms with Crippen LogP contribution in [0.5, 0.6) is 5.75 Å². The Bertz CT molecular complexity index is 1470. The normalized spacial score (nSPS) is 12.8. The van der Waals surface area contributed by atoms with E-state index in [-0.39, 0.29) is 18.2 Å². The Morgan fingerprint density at radius 3 is 2.56 bits per heavy atom. The number of rotatable bonds is 6. The van der Waals surface area contributed by atoms with E-state index in [9.17, 15) is 19.1 Å². The van der Waals surface area contributed by atoms with Gasteiger partial charge in [0.1, 0.15) is 11.6 Å². The Balaban J connectivity index is 1.40. The Morgan fingerprint density at radius 1 is 1.06 bits per heavy atom. The molecule has 0 bridgehead atoms. The highest BCUT2D eigenvalue weighted by Crippen LogP contribution is 2.42. The van der Waals surface area contributed by atoms with Gasteiger partial charge in [-0.25, -0.2) is 9.18 Å². The van der Waals surface area contributed by atoms with Crippen molar-refractivity contribution < 1.29 is 19.1 Å². The third kappa shape index (κ3) is 4.94. The highest BCUT2D eigenvalue weighted by molar-refractivity contribution is 6.34. The quantitative estimate of drug-likeness (QED) is 0.283. The summed E-state index contributed by atoms with van der Waals surface area (Å²) in [6.07, 6.45) is 1.84. The zero-order valence-electron chi connectivity index (χ0n) is 19.0. The molecule has 1 fully saturated rings. The molecule has 1 saturated carbocycles. The van der Waals surface area contributed by atoms with Crippen molar-refractivity contribution in [2.24, 2.45) is 0 Å². The van der Waals surface area contributed by atoms with Crippen molar-refractivity contribution in [1.82, 2.24) is 15.1 Å². The second-order valence-electron chi connectivity index (χ2n) is 8.56. The molecular formula is C27H22ClFN4O3. The van der Waals surface area contributed by atoms with Gasteiger partial charge in [-0.1, -0.05) is 41.9 Å². The average molecular weight is 505 g/mol. The lowest BCUT2D eigenvalue weighted by atomic mass is 10.1. The number of carbonyl (C=O) groups is 2. The van der Waals surface area contributed by atoms with Crippen LogP contribution in [0.1, 0.15) is 40.4 Å². The van der Waals surface area contributed by atoms with Gasteiger partial charge in [0.25, 0.3) is 5.91 Å². The molecule has 3 N–H and O–H groups in total. The van der Waals surface area contributed by atoms with Gasteiger partial charge in [-0.05, 0) is 55.3 Å². The van der Waals surface area contributed by atoms with Crippen LogP contribution in [0.2, 0.25) is 5.02 Å². The number of hydrogen-bond donors (Lipinski definition) is 3. The van der Waals surface area contributed by atoms with Crippen molar-refractivity contribution in [3.8, 4) is 17.0 Å². The first-order chi connectivity index (χ1) is 17.4. The number of nitrogens with one attached hydrogen (secondary N) is 2. The molecule has 9 heteroatoms. The fourth-order valence-electron chi connectivity index (χ4n) is 3.91. The molecule has 182 valence electrons. The molecular weight excluding hydrogens is 483 g/mol. The molecule has 0 aliphatic heterocycles. The van der Waals surface area contributed by atoms with Gasteiger partial charge in [0.05, 0.1) is 22.0 Å². The van der Waals surface area contributed by atoms with Crippen molar-refractivity contribution in [1.29, 1.82) is 0 Å². The van der Waals surface area contributed by atoms with E-state index < -0.39 is 17.8 Å². The van der Waals surface area contributed by atoms with E-state index in [2.05, 4.69) is 15.7 Å². The zero-order valence-corrected chi connectivity index (χ0v) is 19.8. The number of anilines is 1. The van der Waals surface area contributed by atoms with E-state index in [1.54, 1.807) is 60.7 Å². The van der Waals surface area contributed by atoms with Crippen molar-refractivity contribution in [2.45, 2.75) is 25.3 Å². The maximum Gasteiger partial charge on any atom is 0.342 e. The molecule has 0 atom stereocenters. The fourth-order valence-corrected chi connectivity index (χ4v) is 4.13. The van der Waals surface area contributed by atoms with Crippen molar-refractivity contribution in [3.63, 3.8) is 0 Å². The van der Waals surface area contributed by atoms with Crippen molar-refractivity contribution in [2.75, 3.05) is 5.32 Å². The largest absolute Gasteiger partial charge is 0.507 e. The Hall–Kier alpha value is -4.17. The summed E-state index contributed by atoms with van der Waals surface area (Å²) in [5.74, 6) is -0.670. The fraction of sp³-hybridized carbons (Fsp3) is 0.148. The van der Waals surface area contributed by atoms with Crippen LogP contribution >= 0.6 is 11.6 Å². The average Bonchev–Trinajstić information content (AvgIpc) is 3.63. The SMILES string of the molecule is O=C(Nc1ccc(O)c(-c2cc(C3CC3)n(C(=O)NCc3ccccc3F)n2)c1)c1ccccc1Cl. The Kier molecular flexibility index (Phi) is 6.43. The third-order valence-corrected chi connectivity index (χ3v) is 6.29. The van der Waals surface area contributed by atoms with Crippen LogP contribution < -0.4 is 10.6 Å². The molecule has 3 aromatic carbocycles. The predicted octanol–water partition coefficient (Wildman–Crippen LogP) is 5.94. The molecule has 1 aliphatic rings. The lowest BCUT2D eigenvalue weighted by molar-refractivity contribution is 0.102. The molecule has 1 aromatic heterocycles. The summed E-state index contributed by atoms with van der Waals surface area (Å²) in [5.41, 5.74) is 2.56. The van der Waals surface area contributed by atoms with Crippen molar-refractivity contribution in [3.05, 3.63) is 100 Å². The molecule has 2 amide bonds. The first kappa shape index (κ1) is 23.6. The third-order valence-electron chi connectivity index (χ3n) is 5.96. The van der Waals surface area contributed by atoms with E-state index in [1.807, 2.05) is 0 Å². The number of amides is 2. The van der Waals surface area contributed by atoms with Gasteiger partial charge in [0.15, 0.2) is 0 Å². The van der Waals surface area contributed by atoms with E-state index in [4.69, 9.17) is 11.6 Å². The lowest BCUT2D eigenvalue weighted by Gasteiger charge is -2.09. The van der Waals surface area contributed by atoms with Gasteiger partial charge < -0.3 is 15.7 Å². The number of hydrogen-bond acceptors (Lipinski definition) is 4. The number of phenols is 1. The zero-order chi connectivity index (χ0) is 25.2. The number of halogens is 2. The van der Waals surface area contributed by atoms with Gasteiger partial charge in [0.2, 0.25) is 0 Å². The minimum absolute atomic E-state index is 0.0135. The van der Waals surface area contributed by atoms with Gasteiger partial charge in [0, 0.05) is 29.3 Å². The van der Waals surface area contributed by atoms with Crippen LogP contribution in [0.15, 0.2) is 72.8 Å². The second kappa shape index (κ2) is 9.83. The molecule has 7 nitrogen and oxygen atoms in total. The van der Waals surface area contributed by atoms with Crippen LogP contribution in [-0.4, -0.2) is 26.8 Å². The Morgan fingerprint density at radius 2 is 1.81 bits per heavy atom. The Labute approximate surface area is 211 Å². The summed E-state index contributed by atoms with van der Waals surface area (Å²) >= 11 is 6.12. The number of nitrogens with zero attached hydrogens (tertiary/aromatic N) is 2. The molecule has 0 saturated heterocycles. The lowest BCUT2D eigenvalue weighted by Crippen LogP contribution is -2.30. The van der Waals surface area contributed by atoms with E-state index in [0.717, 1.165) is 12.8 Å². The van der Waals surface area contributed by atoms with Gasteiger partial charge >= 0.3 is 6.03 Å². The first-order valence-electron chi connectivity index (χ1n) is 11.4. The van der Waals surface area contributed by atoms with Gasteiger partial charge in [-0.3, -0.25) is 4.79 Å². The van der Waals surface area contributed by atoms with Crippen LogP contribution in [-0.2, 0) is 6.54 Å². The number of phenolic OH excluding ortho intramolecular Hbond substituents is 1. The molecule has 0 unspecified atom stereocenters. The van der Waals surface area contributed by atoms with E-state index in [0.29, 0.717) is 38.8 Å². The van der Waals surface area contributed by atoms with E-state index >= 15 is 0 Å². The maximum absolute atomic E-state index is 13.9. The number of aromatic hydroxyl groups is 1. The maximum atomic E-state index is 13.9. The molecule has 5 rings (SSSR count). The van der Waals surface area contributed by atoms with Crippen LogP contribution in [0.25, 0.3) is 11.3 Å². The number of benzene rings is 3. The molecule has 0 radical (unpaired) electrons. The standard InChI is InChI=1S/C27H22ClFN4O3/c28-21-7-3-2-6-19(21)26(35)31-18-11-12-25(34)20(13-18)23-14-24(16-9-10-16)33(32-23)27(36)30-15-17-5-1-4-8-22(17)29/h1-8,11-14,16,34H,9-10,15H2,(H,30,36)(H,31,35). The minimum atomic E-state index is -0.492. The van der Waals surface area contributed by atoms with Gasteiger partial charge in [-0.2, -0.15) is 9.78 Å². The van der Waals surface area contributed by atoms with Crippen LogP contribution in [0.3, 0.4) is 0 Å². The van der Waals surface area contributed by atoms with Crippen LogP contribution in [0.4, 0.5) is 14.9 Å². The summed E-state index contributed by atoms with van der Waals surface area (Å²) in [7, 11) is 0. The summed E-state index contributed by atoms with van der Waals surface area (Å²) in [6.45, 7) is 0.0135. The minimum Gasteiger partial charge on any atom is -0.507 e. The first-order valence-corrected chi connectivity index (χ1v) is 11.8. The van der Waals surface area contributed by atoms with Crippen LogP contribution in [0, 0.1) is 5.82 Å². The highest BCUT2D eigenvalue weighted by Gasteiger charge is 2.31. The highest BCUT2D eigenvalue weighted by atomic mass is 35.5. The molecule has 0 spiro atoms. The second-order valence-corrected chi connectivity index (χ2v) is 8.96. The smallest absolute Gasteiger partial charge is 0.342 e. The van der Waals surface area contributed by atoms with Gasteiger partial charge in [-0.15, -0.1) is 0 Å². The number of carbonyl (C=O) groups excluding carboxylic acids is 2. The predicted molar refractivity (Wildman–Crippen MR) is 135 cm³/mol. The monoisotopic (exact) mass is 504 g/mol. The summed E-state index contributed by atoms with van der Waals surface area (Å²) in [4.78, 5) is 25.6. The van der Waals surface area contributed by atoms with Crippen molar-refractivity contribution >= 4 is 29.2 Å².